The molecule has 27 heavy (non-hydrogen) atoms. The number of aliphatic hydroxyl groups excluding tert-OH is 1. The number of hydrogen-bond acceptors (Lipinski definition) is 8. The lowest BCUT2D eigenvalue weighted by atomic mass is 9.75. The molecule has 10 nitrogen and oxygen atoms in total. The lowest BCUT2D eigenvalue weighted by Crippen LogP contribution is -2.40. The van der Waals surface area contributed by atoms with Gasteiger partial charge in [0.15, 0.2) is 17.4 Å². The number of nitrogens with zero attached hydrogens (tertiary/aromatic N) is 3. The molecule has 10 heteroatoms. The van der Waals surface area contributed by atoms with Crippen LogP contribution in [0.5, 0.6) is 0 Å². The third kappa shape index (κ3) is 3.70. The summed E-state index contributed by atoms with van der Waals surface area (Å²) >= 11 is 0. The minimum absolute atomic E-state index is 0.00446. The predicted octanol–water partition coefficient (Wildman–Crippen LogP) is 0.285. The van der Waals surface area contributed by atoms with Crippen LogP contribution in [0.4, 0.5) is 5.95 Å². The SMILES string of the molecule is COCCOC1[C@H](n2cnc3c(=O)[nH]c(N)nc32)O[C@H](CO)[C@@H]1C(C)(C)C. The van der Waals surface area contributed by atoms with Gasteiger partial charge in [-0.25, -0.2) is 4.98 Å². The molecular weight excluding hydrogens is 354 g/mol. The normalized spacial score (nSPS) is 26.1. The Morgan fingerprint density at radius 3 is 2.78 bits per heavy atom. The number of nitrogens with two attached hydrogens (primary N) is 1. The van der Waals surface area contributed by atoms with Gasteiger partial charge in [0.1, 0.15) is 6.10 Å². The van der Waals surface area contributed by atoms with E-state index >= 15 is 0 Å². The van der Waals surface area contributed by atoms with E-state index < -0.39 is 24.0 Å². The molecule has 0 aliphatic carbocycles. The molecule has 2 aromatic heterocycles. The number of rotatable bonds is 6. The van der Waals surface area contributed by atoms with E-state index in [1.165, 1.54) is 6.33 Å². The highest BCUT2D eigenvalue weighted by molar-refractivity contribution is 5.70. The second kappa shape index (κ2) is 7.55. The van der Waals surface area contributed by atoms with Crippen molar-refractivity contribution in [1.82, 2.24) is 19.5 Å². The van der Waals surface area contributed by atoms with Crippen LogP contribution in [0.1, 0.15) is 27.0 Å². The average molecular weight is 381 g/mol. The molecule has 1 aliphatic heterocycles. The minimum Gasteiger partial charge on any atom is -0.394 e. The first kappa shape index (κ1) is 19.7. The van der Waals surface area contributed by atoms with Crippen LogP contribution in [0, 0.1) is 11.3 Å². The number of nitrogen functional groups attached to an aromatic ring is 1. The summed E-state index contributed by atoms with van der Waals surface area (Å²) in [7, 11) is 1.60. The quantitative estimate of drug-likeness (QED) is 0.607. The minimum atomic E-state index is -0.609. The molecule has 1 fully saturated rings. The van der Waals surface area contributed by atoms with Crippen molar-refractivity contribution in [3.63, 3.8) is 0 Å². The summed E-state index contributed by atoms with van der Waals surface area (Å²) in [5.41, 5.74) is 5.57. The maximum atomic E-state index is 12.1. The van der Waals surface area contributed by atoms with Crippen LogP contribution >= 0.6 is 0 Å². The zero-order chi connectivity index (χ0) is 19.8. The van der Waals surface area contributed by atoms with Crippen LogP contribution < -0.4 is 11.3 Å². The largest absolute Gasteiger partial charge is 0.394 e. The molecule has 1 aliphatic rings. The van der Waals surface area contributed by atoms with Crippen molar-refractivity contribution in [3.8, 4) is 0 Å². The number of anilines is 1. The number of imidazole rings is 1. The van der Waals surface area contributed by atoms with Gasteiger partial charge in [-0.15, -0.1) is 0 Å². The molecule has 0 radical (unpaired) electrons. The molecule has 0 amide bonds. The fourth-order valence-electron chi connectivity index (χ4n) is 3.74. The lowest BCUT2D eigenvalue weighted by molar-refractivity contribution is -0.0776. The van der Waals surface area contributed by atoms with E-state index in [-0.39, 0.29) is 29.4 Å². The molecule has 150 valence electrons. The fourth-order valence-corrected chi connectivity index (χ4v) is 3.74. The number of methoxy groups -OCH3 is 1. The summed E-state index contributed by atoms with van der Waals surface area (Å²) < 4.78 is 19.0. The Kier molecular flexibility index (Phi) is 5.52. The predicted molar refractivity (Wildman–Crippen MR) is 98.1 cm³/mol. The molecule has 4 N–H and O–H groups in total. The highest BCUT2D eigenvalue weighted by Gasteiger charge is 2.51. The molecule has 3 heterocycles. The first-order valence-electron chi connectivity index (χ1n) is 8.87. The van der Waals surface area contributed by atoms with Gasteiger partial charge in [0, 0.05) is 13.0 Å². The summed E-state index contributed by atoms with van der Waals surface area (Å²) in [6.45, 7) is 6.88. The van der Waals surface area contributed by atoms with E-state index in [2.05, 4.69) is 35.7 Å². The Labute approximate surface area is 156 Å². The summed E-state index contributed by atoms with van der Waals surface area (Å²) in [5, 5.41) is 9.89. The van der Waals surface area contributed by atoms with Gasteiger partial charge in [0.05, 0.1) is 32.3 Å². The first-order chi connectivity index (χ1) is 12.8. The number of aromatic amines is 1. The monoisotopic (exact) mass is 381 g/mol. The van der Waals surface area contributed by atoms with Gasteiger partial charge < -0.3 is 25.1 Å². The van der Waals surface area contributed by atoms with Crippen LogP contribution in [0.15, 0.2) is 11.1 Å². The van der Waals surface area contributed by atoms with Crippen LogP contribution in [0.3, 0.4) is 0 Å². The second-order valence-corrected chi connectivity index (χ2v) is 7.74. The van der Waals surface area contributed by atoms with E-state index in [0.29, 0.717) is 18.9 Å². The van der Waals surface area contributed by atoms with E-state index in [9.17, 15) is 9.90 Å². The van der Waals surface area contributed by atoms with Crippen molar-refractivity contribution in [2.75, 3.05) is 32.7 Å². The van der Waals surface area contributed by atoms with Crippen molar-refractivity contribution in [3.05, 3.63) is 16.7 Å². The average Bonchev–Trinajstić information content (AvgIpc) is 3.15. The number of aromatic nitrogens is 4. The smallest absolute Gasteiger partial charge is 0.280 e. The van der Waals surface area contributed by atoms with Crippen molar-refractivity contribution in [1.29, 1.82) is 0 Å². The lowest BCUT2D eigenvalue weighted by Gasteiger charge is -2.34. The van der Waals surface area contributed by atoms with Crippen LogP contribution in [-0.4, -0.2) is 63.8 Å². The maximum Gasteiger partial charge on any atom is 0.280 e. The molecule has 0 aromatic carbocycles. The Morgan fingerprint density at radius 1 is 1.41 bits per heavy atom. The number of hydrogen-bond donors (Lipinski definition) is 3. The van der Waals surface area contributed by atoms with E-state index in [1.807, 2.05) is 0 Å². The maximum absolute atomic E-state index is 12.1. The topological polar surface area (TPSA) is 138 Å². The van der Waals surface area contributed by atoms with Crippen molar-refractivity contribution in [2.45, 2.75) is 39.2 Å². The molecular formula is C17H27N5O5. The number of ether oxygens (including phenoxy) is 3. The van der Waals surface area contributed by atoms with Gasteiger partial charge in [-0.2, -0.15) is 4.98 Å². The standard InChI is InChI=1S/C17H27N5O5/c1-17(2,3)10-9(7-23)27-15(12(10)26-6-5-25-4)22-8-19-11-13(22)20-16(18)21-14(11)24/h8-10,12,15,23H,5-7H2,1-4H3,(H3,18,20,21,24)/t9-,10+,12?,15-/m1/s1. The Hall–Kier alpha value is -2.01. The van der Waals surface area contributed by atoms with E-state index in [1.54, 1.807) is 11.7 Å². The Morgan fingerprint density at radius 2 is 2.15 bits per heavy atom. The molecule has 0 bridgehead atoms. The number of fused-ring (bicyclic) bond motifs is 1. The summed E-state index contributed by atoms with van der Waals surface area (Å²) in [4.78, 5) is 22.9. The number of aliphatic hydroxyl groups is 1. The number of H-pyrrole nitrogens is 1. The Balaban J connectivity index is 2.05. The van der Waals surface area contributed by atoms with E-state index in [4.69, 9.17) is 19.9 Å². The van der Waals surface area contributed by atoms with E-state index in [0.717, 1.165) is 0 Å². The van der Waals surface area contributed by atoms with Crippen LogP contribution in [-0.2, 0) is 14.2 Å². The fraction of sp³-hybridized carbons (Fsp3) is 0.706. The highest BCUT2D eigenvalue weighted by atomic mass is 16.6. The number of nitrogens with one attached hydrogen (secondary N) is 1. The van der Waals surface area contributed by atoms with Gasteiger partial charge in [0.25, 0.3) is 5.56 Å². The van der Waals surface area contributed by atoms with Crippen LogP contribution in [0.2, 0.25) is 0 Å². The second-order valence-electron chi connectivity index (χ2n) is 7.74. The third-order valence-electron chi connectivity index (χ3n) is 4.85. The van der Waals surface area contributed by atoms with Gasteiger partial charge in [-0.05, 0) is 5.41 Å². The summed E-state index contributed by atoms with van der Waals surface area (Å²) in [5.74, 6) is -0.101. The molecule has 1 unspecified atom stereocenters. The summed E-state index contributed by atoms with van der Waals surface area (Å²) in [6.07, 6.45) is 0.0571. The first-order valence-corrected chi connectivity index (χ1v) is 8.87. The Bertz CT molecular complexity index is 842. The molecule has 2 aromatic rings. The molecule has 3 rings (SSSR count). The molecule has 0 spiro atoms. The molecule has 0 saturated carbocycles. The van der Waals surface area contributed by atoms with Gasteiger partial charge in [0.2, 0.25) is 5.95 Å². The van der Waals surface area contributed by atoms with Gasteiger partial charge in [-0.3, -0.25) is 14.3 Å². The zero-order valence-electron chi connectivity index (χ0n) is 16.0. The highest BCUT2D eigenvalue weighted by Crippen LogP contribution is 2.45. The van der Waals surface area contributed by atoms with Gasteiger partial charge in [-0.1, -0.05) is 20.8 Å². The van der Waals surface area contributed by atoms with Crippen molar-refractivity contribution < 1.29 is 19.3 Å². The molecule has 4 atom stereocenters. The third-order valence-corrected chi connectivity index (χ3v) is 4.85. The van der Waals surface area contributed by atoms with Crippen molar-refractivity contribution >= 4 is 17.1 Å². The van der Waals surface area contributed by atoms with Gasteiger partial charge >= 0.3 is 0 Å². The van der Waals surface area contributed by atoms with Crippen LogP contribution in [0.25, 0.3) is 11.2 Å². The molecule has 1 saturated heterocycles. The summed E-state index contributed by atoms with van der Waals surface area (Å²) in [6, 6.07) is 0. The zero-order valence-corrected chi connectivity index (χ0v) is 16.0. The van der Waals surface area contributed by atoms with Crippen molar-refractivity contribution in [2.24, 2.45) is 11.3 Å².